The molecule has 16 rings (SSSR count). The summed E-state index contributed by atoms with van der Waals surface area (Å²) in [5, 5.41) is 2.19. The number of fused-ring (bicyclic) bond motifs is 12. The van der Waals surface area contributed by atoms with Crippen molar-refractivity contribution in [2.45, 2.75) is 0 Å². The molecule has 0 unspecified atom stereocenters. The first-order valence-corrected chi connectivity index (χ1v) is 24.7. The minimum Gasteiger partial charge on any atom is -0.468 e. The maximum absolute atomic E-state index is 6.77. The Hall–Kier alpha value is -9.39. The molecule has 0 atom stereocenters. The third-order valence-corrected chi connectivity index (χ3v) is 14.9. The van der Waals surface area contributed by atoms with Gasteiger partial charge in [0.1, 0.15) is 22.5 Å². The molecular formula is C64H42B2N4O2. The van der Waals surface area contributed by atoms with Crippen molar-refractivity contribution in [3.05, 3.63) is 255 Å². The lowest BCUT2D eigenvalue weighted by Crippen LogP contribution is -2.61. The zero-order chi connectivity index (χ0) is 47.3. The molecule has 6 nitrogen and oxygen atoms in total. The Labute approximate surface area is 418 Å². The monoisotopic (exact) mass is 920 g/mol. The minimum atomic E-state index is -0.180. The number of furan rings is 2. The smallest absolute Gasteiger partial charge is 0.342 e. The Bertz CT molecular complexity index is 3800. The highest BCUT2D eigenvalue weighted by atomic mass is 16.3. The van der Waals surface area contributed by atoms with E-state index in [1.807, 2.05) is 12.1 Å². The van der Waals surface area contributed by atoms with Crippen molar-refractivity contribution >= 4 is 137 Å². The summed E-state index contributed by atoms with van der Waals surface area (Å²) in [6, 6.07) is 90.3. The van der Waals surface area contributed by atoms with Crippen molar-refractivity contribution in [1.82, 2.24) is 0 Å². The zero-order valence-corrected chi connectivity index (χ0v) is 39.0. The molecule has 0 amide bonds. The molecule has 0 saturated carbocycles. The van der Waals surface area contributed by atoms with Crippen LogP contribution in [0.4, 0.5) is 68.2 Å². The van der Waals surface area contributed by atoms with E-state index in [2.05, 4.69) is 262 Å². The highest BCUT2D eigenvalue weighted by Crippen LogP contribution is 2.49. The molecule has 8 heteroatoms. The van der Waals surface area contributed by atoms with E-state index < -0.39 is 0 Å². The van der Waals surface area contributed by atoms with Gasteiger partial charge in [-0.2, -0.15) is 0 Å². The molecule has 0 fully saturated rings. The summed E-state index contributed by atoms with van der Waals surface area (Å²) in [6.07, 6.45) is 0. The first kappa shape index (κ1) is 40.5. The summed E-state index contributed by atoms with van der Waals surface area (Å²) in [6.45, 7) is 0.0180. The molecule has 4 aliphatic rings. The molecule has 10 aromatic carbocycles. The fourth-order valence-corrected chi connectivity index (χ4v) is 12.0. The molecule has 12 aromatic rings. The van der Waals surface area contributed by atoms with E-state index in [4.69, 9.17) is 8.83 Å². The van der Waals surface area contributed by atoms with Crippen molar-refractivity contribution in [3.8, 4) is 0 Å². The van der Waals surface area contributed by atoms with E-state index in [0.29, 0.717) is 0 Å². The largest absolute Gasteiger partial charge is 0.468 e. The van der Waals surface area contributed by atoms with Crippen LogP contribution in [-0.2, 0) is 0 Å². The predicted octanol–water partition coefficient (Wildman–Crippen LogP) is 13.0. The highest BCUT2D eigenvalue weighted by Gasteiger charge is 2.50. The van der Waals surface area contributed by atoms with Gasteiger partial charge in [-0.25, -0.2) is 0 Å². The van der Waals surface area contributed by atoms with Crippen LogP contribution < -0.4 is 52.8 Å². The fourth-order valence-electron chi connectivity index (χ4n) is 12.0. The van der Waals surface area contributed by atoms with Crippen molar-refractivity contribution in [2.24, 2.45) is 0 Å². The lowest BCUT2D eigenvalue weighted by Gasteiger charge is -2.44. The van der Waals surface area contributed by atoms with Crippen LogP contribution in [0.15, 0.2) is 264 Å². The minimum absolute atomic E-state index is 0.180. The van der Waals surface area contributed by atoms with Crippen LogP contribution in [0.2, 0.25) is 0 Å². The third-order valence-electron chi connectivity index (χ3n) is 14.9. The van der Waals surface area contributed by atoms with Crippen LogP contribution in [0.25, 0.3) is 21.9 Å². The third kappa shape index (κ3) is 5.93. The lowest BCUT2D eigenvalue weighted by atomic mass is 9.33. The maximum atomic E-state index is 6.77. The molecule has 6 heterocycles. The van der Waals surface area contributed by atoms with E-state index in [1.54, 1.807) is 0 Å². The van der Waals surface area contributed by atoms with Gasteiger partial charge in [-0.05, 0) is 131 Å². The molecule has 0 spiro atoms. The van der Waals surface area contributed by atoms with Gasteiger partial charge in [-0.3, -0.25) is 0 Å². The first-order valence-electron chi connectivity index (χ1n) is 24.7. The van der Waals surface area contributed by atoms with Gasteiger partial charge in [0.15, 0.2) is 0 Å². The zero-order valence-electron chi connectivity index (χ0n) is 39.0. The summed E-state index contributed by atoms with van der Waals surface area (Å²) in [7, 11) is 0. The lowest BCUT2D eigenvalue weighted by molar-refractivity contribution is 0.637. The standard InChI is InChI=1S/C34H21BN2O2.C30H21BN2/c1-3-12-22(13-4-1)36-26-18-11-19-27-30(26)35(33-31(36)24-16-7-9-20-28(24)38-33)34-32(25-17-8-10-21-29(25)39-34)37(27)23-14-5-2-6-15-23;1-3-12-22(13-4-1)32-26-18-9-7-16-24(26)31-25-17-8-10-19-27(25)33(23-14-5-2-6-15-23)29-21-11-20-28(32)30(29)31/h1-21H;1-21H. The van der Waals surface area contributed by atoms with Crippen LogP contribution >= 0.6 is 0 Å². The highest BCUT2D eigenvalue weighted by molar-refractivity contribution is 7.00. The van der Waals surface area contributed by atoms with E-state index in [-0.39, 0.29) is 13.4 Å². The SMILES string of the molecule is c1ccc(N2c3cccc4c3B(c3oc5ccccc5c32)c2oc3ccccc3c2N4c2ccccc2)cc1.c1ccc(N2c3ccccc3B3c4ccccc4N(c4ccccc4)c4cccc2c43)cc1. The normalized spacial score (nSPS) is 13.4. The molecule has 4 aliphatic heterocycles. The Morgan fingerprint density at radius 3 is 0.972 bits per heavy atom. The molecule has 72 heavy (non-hydrogen) atoms. The summed E-state index contributed by atoms with van der Waals surface area (Å²) in [5.41, 5.74) is 22.8. The van der Waals surface area contributed by atoms with Crippen LogP contribution in [0, 0.1) is 0 Å². The van der Waals surface area contributed by atoms with Crippen LogP contribution in [0.5, 0.6) is 0 Å². The average molecular weight is 921 g/mol. The number of hydrogen-bond acceptors (Lipinski definition) is 6. The second-order valence-electron chi connectivity index (χ2n) is 18.7. The number of anilines is 12. The number of benzene rings is 10. The van der Waals surface area contributed by atoms with Gasteiger partial charge >= 0.3 is 6.71 Å². The number of para-hydroxylation sites is 8. The van der Waals surface area contributed by atoms with Crippen LogP contribution in [0.3, 0.4) is 0 Å². The van der Waals surface area contributed by atoms with Gasteiger partial charge in [0, 0.05) is 67.6 Å². The summed E-state index contributed by atoms with van der Waals surface area (Å²) < 4.78 is 13.5. The predicted molar refractivity (Wildman–Crippen MR) is 300 cm³/mol. The summed E-state index contributed by atoms with van der Waals surface area (Å²) >= 11 is 0. The van der Waals surface area contributed by atoms with Crippen molar-refractivity contribution < 1.29 is 8.83 Å². The second kappa shape index (κ2) is 16.1. The van der Waals surface area contributed by atoms with Gasteiger partial charge in [-0.1, -0.05) is 146 Å². The summed E-state index contributed by atoms with van der Waals surface area (Å²) in [5.74, 6) is 0. The number of hydrogen-bond donors (Lipinski definition) is 0. The van der Waals surface area contributed by atoms with E-state index >= 15 is 0 Å². The first-order chi connectivity index (χ1) is 35.8. The number of nitrogens with zero attached hydrogens (tertiary/aromatic N) is 4. The van der Waals surface area contributed by atoms with Gasteiger partial charge in [0.2, 0.25) is 0 Å². The number of rotatable bonds is 4. The molecule has 0 saturated heterocycles. The quantitative estimate of drug-likeness (QED) is 0.164. The van der Waals surface area contributed by atoms with Crippen molar-refractivity contribution in [1.29, 1.82) is 0 Å². The molecule has 0 aliphatic carbocycles. The molecule has 0 radical (unpaired) electrons. The van der Waals surface area contributed by atoms with E-state index in [0.717, 1.165) is 67.4 Å². The van der Waals surface area contributed by atoms with Gasteiger partial charge in [-0.15, -0.1) is 0 Å². The Morgan fingerprint density at radius 2 is 0.556 bits per heavy atom. The van der Waals surface area contributed by atoms with Gasteiger partial charge < -0.3 is 28.4 Å². The average Bonchev–Trinajstić information content (AvgIpc) is 4.03. The molecule has 336 valence electrons. The van der Waals surface area contributed by atoms with E-state index in [9.17, 15) is 0 Å². The fraction of sp³-hybridized carbons (Fsp3) is 0. The van der Waals surface area contributed by atoms with Crippen LogP contribution in [0.1, 0.15) is 0 Å². The molecule has 0 bridgehead atoms. The second-order valence-corrected chi connectivity index (χ2v) is 18.7. The topological polar surface area (TPSA) is 39.2 Å². The van der Waals surface area contributed by atoms with E-state index in [1.165, 1.54) is 56.0 Å². The maximum Gasteiger partial charge on any atom is 0.342 e. The van der Waals surface area contributed by atoms with Gasteiger partial charge in [0.05, 0.1) is 11.4 Å². The Kier molecular flexibility index (Phi) is 9.05. The molecular weight excluding hydrogens is 878 g/mol. The van der Waals surface area contributed by atoms with Crippen LogP contribution in [-0.4, -0.2) is 13.4 Å². The Balaban J connectivity index is 0.000000130. The van der Waals surface area contributed by atoms with Crippen molar-refractivity contribution in [3.63, 3.8) is 0 Å². The molecule has 2 aromatic heterocycles. The molecule has 0 N–H and O–H groups in total. The Morgan fingerprint density at radius 1 is 0.250 bits per heavy atom. The summed E-state index contributed by atoms with van der Waals surface area (Å²) in [4.78, 5) is 9.55. The van der Waals surface area contributed by atoms with Gasteiger partial charge in [0.25, 0.3) is 6.71 Å². The van der Waals surface area contributed by atoms with Crippen molar-refractivity contribution in [2.75, 3.05) is 19.6 Å².